The zero-order valence-corrected chi connectivity index (χ0v) is 12.4. The first-order valence-corrected chi connectivity index (χ1v) is 7.27. The average molecular weight is 333 g/mol. The first-order valence-electron chi connectivity index (χ1n) is 7.27. The third kappa shape index (κ3) is 3.37. The predicted molar refractivity (Wildman–Crippen MR) is 78.2 cm³/mol. The zero-order valence-electron chi connectivity index (χ0n) is 12.4. The first kappa shape index (κ1) is 16.0. The van der Waals surface area contributed by atoms with Gasteiger partial charge in [-0.15, -0.1) is 0 Å². The maximum Gasteiger partial charge on any atom is 0.331 e. The molecule has 2 aromatic rings. The minimum Gasteiger partial charge on any atom is -0.479 e. The number of hydrogen-bond acceptors (Lipinski definition) is 4. The fourth-order valence-corrected chi connectivity index (χ4v) is 2.25. The Labute approximate surface area is 135 Å². The van der Waals surface area contributed by atoms with E-state index >= 15 is 0 Å². The lowest BCUT2D eigenvalue weighted by Crippen LogP contribution is -2.35. The van der Waals surface area contributed by atoms with Gasteiger partial charge in [-0.2, -0.15) is 0 Å². The molecule has 1 heterocycles. The van der Waals surface area contributed by atoms with Crippen molar-refractivity contribution < 1.29 is 23.5 Å². The molecule has 2 N–H and O–H groups in total. The Balaban J connectivity index is 1.85. The molecule has 1 aliphatic rings. The molecular weight excluding hydrogens is 320 g/mol. The number of hydrogen-bond donors (Lipinski definition) is 2. The van der Waals surface area contributed by atoms with Crippen molar-refractivity contribution >= 4 is 11.9 Å². The number of nitrogens with one attached hydrogen (secondary N) is 1. The van der Waals surface area contributed by atoms with E-state index in [4.69, 9.17) is 0 Å². The summed E-state index contributed by atoms with van der Waals surface area (Å²) in [5.41, 5.74) is -0.484. The lowest BCUT2D eigenvalue weighted by atomic mass is 10.1. The van der Waals surface area contributed by atoms with Crippen LogP contribution in [-0.2, 0) is 4.79 Å². The molecule has 3 rings (SSSR count). The van der Waals surface area contributed by atoms with Crippen LogP contribution in [0.5, 0.6) is 0 Å². The highest BCUT2D eigenvalue weighted by molar-refractivity contribution is 5.95. The van der Waals surface area contributed by atoms with Gasteiger partial charge in [-0.1, -0.05) is 0 Å². The summed E-state index contributed by atoms with van der Waals surface area (Å²) in [6.45, 7) is 0. The van der Waals surface area contributed by atoms with Crippen LogP contribution in [-0.4, -0.2) is 27.0 Å². The normalized spacial score (nSPS) is 14.9. The number of halogens is 2. The molecule has 6 nitrogen and oxygen atoms in total. The Morgan fingerprint density at radius 1 is 1.25 bits per heavy atom. The maximum absolute atomic E-state index is 13.8. The topological polar surface area (TPSA) is 92.2 Å². The summed E-state index contributed by atoms with van der Waals surface area (Å²) >= 11 is 0. The van der Waals surface area contributed by atoms with Gasteiger partial charge < -0.3 is 10.4 Å². The fourth-order valence-electron chi connectivity index (χ4n) is 2.25. The monoisotopic (exact) mass is 333 g/mol. The lowest BCUT2D eigenvalue weighted by Gasteiger charge is -2.15. The number of nitrogens with zero attached hydrogens (tertiary/aromatic N) is 2. The molecule has 0 spiro atoms. The standard InChI is InChI=1S/C16H13F2N3O3/c17-9-3-4-11(18)10(7-9)13(16(23)24)21-15(22)12-5-6-19-14(20-12)8-1-2-8/h3-8,13H,1-2H2,(H,21,22)(H,23,24). The molecule has 0 radical (unpaired) electrons. The van der Waals surface area contributed by atoms with E-state index in [0.717, 1.165) is 31.0 Å². The van der Waals surface area contributed by atoms with Crippen molar-refractivity contribution in [1.29, 1.82) is 0 Å². The molecular formula is C16H13F2N3O3. The molecule has 1 fully saturated rings. The lowest BCUT2D eigenvalue weighted by molar-refractivity contribution is -0.139. The van der Waals surface area contributed by atoms with Crippen molar-refractivity contribution in [3.8, 4) is 0 Å². The zero-order chi connectivity index (χ0) is 17.3. The van der Waals surface area contributed by atoms with Crippen LogP contribution in [0.4, 0.5) is 8.78 Å². The highest BCUT2D eigenvalue weighted by Crippen LogP contribution is 2.37. The van der Waals surface area contributed by atoms with Gasteiger partial charge in [-0.3, -0.25) is 4.79 Å². The van der Waals surface area contributed by atoms with Crippen LogP contribution in [0.25, 0.3) is 0 Å². The number of aliphatic carboxylic acids is 1. The van der Waals surface area contributed by atoms with Gasteiger partial charge in [-0.05, 0) is 37.1 Å². The van der Waals surface area contributed by atoms with Crippen molar-refractivity contribution in [2.45, 2.75) is 24.8 Å². The summed E-state index contributed by atoms with van der Waals surface area (Å²) in [7, 11) is 0. The fraction of sp³-hybridized carbons (Fsp3) is 0.250. The molecule has 0 saturated heterocycles. The molecule has 1 amide bonds. The van der Waals surface area contributed by atoms with Gasteiger partial charge >= 0.3 is 5.97 Å². The third-order valence-corrected chi connectivity index (χ3v) is 3.64. The minimum absolute atomic E-state index is 0.0186. The van der Waals surface area contributed by atoms with Gasteiger partial charge in [0.2, 0.25) is 0 Å². The summed E-state index contributed by atoms with van der Waals surface area (Å²) in [5.74, 6) is -3.30. The van der Waals surface area contributed by atoms with Gasteiger partial charge in [0.25, 0.3) is 5.91 Å². The Bertz CT molecular complexity index is 809. The van der Waals surface area contributed by atoms with E-state index in [9.17, 15) is 23.5 Å². The van der Waals surface area contributed by atoms with Gasteiger partial charge in [0.1, 0.15) is 23.2 Å². The van der Waals surface area contributed by atoms with Crippen molar-refractivity contribution in [2.24, 2.45) is 0 Å². The van der Waals surface area contributed by atoms with Crippen molar-refractivity contribution in [2.75, 3.05) is 0 Å². The predicted octanol–water partition coefficient (Wildman–Crippen LogP) is 2.19. The Hall–Kier alpha value is -2.90. The third-order valence-electron chi connectivity index (χ3n) is 3.64. The van der Waals surface area contributed by atoms with Crippen LogP contribution < -0.4 is 5.32 Å². The van der Waals surface area contributed by atoms with Crippen LogP contribution in [0.2, 0.25) is 0 Å². The highest BCUT2D eigenvalue weighted by Gasteiger charge is 2.29. The average Bonchev–Trinajstić information content (AvgIpc) is 3.40. The summed E-state index contributed by atoms with van der Waals surface area (Å²) in [6, 6.07) is 2.02. The number of carbonyl (C=O) groups excluding carboxylic acids is 1. The molecule has 0 bridgehead atoms. The Kier molecular flexibility index (Phi) is 4.20. The van der Waals surface area contributed by atoms with Crippen molar-refractivity contribution in [1.82, 2.24) is 15.3 Å². The van der Waals surface area contributed by atoms with Crippen molar-refractivity contribution in [3.05, 3.63) is 59.2 Å². The van der Waals surface area contributed by atoms with E-state index in [1.807, 2.05) is 0 Å². The summed E-state index contributed by atoms with van der Waals surface area (Å²) in [5, 5.41) is 11.4. The van der Waals surface area contributed by atoms with Crippen LogP contribution in [0, 0.1) is 11.6 Å². The number of amides is 1. The van der Waals surface area contributed by atoms with E-state index in [-0.39, 0.29) is 11.6 Å². The largest absolute Gasteiger partial charge is 0.479 e. The van der Waals surface area contributed by atoms with E-state index in [1.54, 1.807) is 0 Å². The maximum atomic E-state index is 13.8. The second kappa shape index (κ2) is 6.31. The molecule has 124 valence electrons. The Morgan fingerprint density at radius 3 is 2.67 bits per heavy atom. The molecule has 8 heteroatoms. The molecule has 1 aromatic carbocycles. The molecule has 1 aliphatic carbocycles. The van der Waals surface area contributed by atoms with E-state index < -0.39 is 35.1 Å². The second-order valence-corrected chi connectivity index (χ2v) is 5.48. The molecule has 1 aromatic heterocycles. The van der Waals surface area contributed by atoms with E-state index in [1.165, 1.54) is 12.3 Å². The number of aromatic nitrogens is 2. The number of carbonyl (C=O) groups is 2. The van der Waals surface area contributed by atoms with Gasteiger partial charge in [0.15, 0.2) is 6.04 Å². The number of carboxylic acids is 1. The number of benzene rings is 1. The minimum atomic E-state index is -1.73. The second-order valence-electron chi connectivity index (χ2n) is 5.48. The molecule has 24 heavy (non-hydrogen) atoms. The van der Waals surface area contributed by atoms with Crippen LogP contribution in [0.3, 0.4) is 0 Å². The summed E-state index contributed by atoms with van der Waals surface area (Å²) in [4.78, 5) is 31.8. The first-order chi connectivity index (χ1) is 11.5. The molecule has 1 atom stereocenters. The van der Waals surface area contributed by atoms with E-state index in [0.29, 0.717) is 5.82 Å². The SMILES string of the molecule is O=C(NC(C(=O)O)c1cc(F)ccc1F)c1ccnc(C2CC2)n1. The van der Waals surface area contributed by atoms with Crippen molar-refractivity contribution in [3.63, 3.8) is 0 Å². The van der Waals surface area contributed by atoms with Gasteiger partial charge in [0.05, 0.1) is 0 Å². The number of rotatable bonds is 5. The summed E-state index contributed by atoms with van der Waals surface area (Å²) in [6.07, 6.45) is 3.29. The molecule has 1 unspecified atom stereocenters. The van der Waals surface area contributed by atoms with Gasteiger partial charge in [-0.25, -0.2) is 23.5 Å². The van der Waals surface area contributed by atoms with E-state index in [2.05, 4.69) is 15.3 Å². The number of carboxylic acid groups (broad SMARTS) is 1. The summed E-state index contributed by atoms with van der Waals surface area (Å²) < 4.78 is 27.1. The quantitative estimate of drug-likeness (QED) is 0.875. The van der Waals surface area contributed by atoms with Crippen LogP contribution in [0.15, 0.2) is 30.5 Å². The van der Waals surface area contributed by atoms with Crippen LogP contribution in [0.1, 0.15) is 46.7 Å². The van der Waals surface area contributed by atoms with Crippen LogP contribution >= 0.6 is 0 Å². The molecule has 0 aliphatic heterocycles. The smallest absolute Gasteiger partial charge is 0.331 e. The molecule has 1 saturated carbocycles. The Morgan fingerprint density at radius 2 is 2.00 bits per heavy atom. The highest BCUT2D eigenvalue weighted by atomic mass is 19.1. The van der Waals surface area contributed by atoms with Gasteiger partial charge in [0, 0.05) is 17.7 Å².